The number of para-hydroxylation sites is 1. The molecule has 0 aliphatic carbocycles. The Bertz CT molecular complexity index is 430. The molecule has 20 heavy (non-hydrogen) atoms. The van der Waals surface area contributed by atoms with Crippen molar-refractivity contribution in [3.8, 4) is 0 Å². The highest BCUT2D eigenvalue weighted by Crippen LogP contribution is 2.23. The van der Waals surface area contributed by atoms with Crippen LogP contribution in [0.2, 0.25) is 0 Å². The zero-order chi connectivity index (χ0) is 15.1. The van der Waals surface area contributed by atoms with Crippen LogP contribution in [0.5, 0.6) is 0 Å². The molecule has 2 unspecified atom stereocenters. The third-order valence-corrected chi connectivity index (χ3v) is 3.11. The van der Waals surface area contributed by atoms with E-state index in [-0.39, 0.29) is 11.9 Å². The van der Waals surface area contributed by atoms with Crippen molar-refractivity contribution in [2.45, 2.75) is 52.2 Å². The van der Waals surface area contributed by atoms with Gasteiger partial charge in [-0.25, -0.2) is 0 Å². The van der Waals surface area contributed by atoms with Crippen LogP contribution in [-0.4, -0.2) is 29.7 Å². The Morgan fingerprint density at radius 3 is 2.45 bits per heavy atom. The van der Waals surface area contributed by atoms with Crippen molar-refractivity contribution >= 4 is 11.6 Å². The van der Waals surface area contributed by atoms with E-state index in [0.717, 1.165) is 11.3 Å². The molecule has 1 aromatic carbocycles. The molecule has 4 nitrogen and oxygen atoms in total. The number of aliphatic hydroxyl groups excluding tert-OH is 1. The average molecular weight is 278 g/mol. The van der Waals surface area contributed by atoms with E-state index in [4.69, 9.17) is 0 Å². The Labute approximate surface area is 121 Å². The molecule has 0 saturated carbocycles. The summed E-state index contributed by atoms with van der Waals surface area (Å²) in [5.41, 5.74) is 2.03. The molecular formula is C16H26N2O2. The second-order valence-corrected chi connectivity index (χ2v) is 5.65. The molecule has 0 aromatic heterocycles. The van der Waals surface area contributed by atoms with E-state index in [0.29, 0.717) is 18.9 Å². The highest BCUT2D eigenvalue weighted by Gasteiger charge is 2.12. The Morgan fingerprint density at radius 1 is 1.20 bits per heavy atom. The largest absolute Gasteiger partial charge is 0.392 e. The van der Waals surface area contributed by atoms with Crippen molar-refractivity contribution in [3.63, 3.8) is 0 Å². The Kier molecular flexibility index (Phi) is 6.68. The Hall–Kier alpha value is -1.39. The lowest BCUT2D eigenvalue weighted by Gasteiger charge is -2.17. The third-order valence-electron chi connectivity index (χ3n) is 3.11. The summed E-state index contributed by atoms with van der Waals surface area (Å²) < 4.78 is 0. The first kappa shape index (κ1) is 16.7. The van der Waals surface area contributed by atoms with Gasteiger partial charge in [0.25, 0.3) is 0 Å². The van der Waals surface area contributed by atoms with Gasteiger partial charge in [-0.2, -0.15) is 0 Å². The minimum atomic E-state index is -0.401. The fraction of sp³-hybridized carbons (Fsp3) is 0.562. The number of carbonyl (C=O) groups is 1. The molecule has 112 valence electrons. The molecule has 1 aromatic rings. The highest BCUT2D eigenvalue weighted by atomic mass is 16.3. The van der Waals surface area contributed by atoms with Crippen LogP contribution in [-0.2, 0) is 4.79 Å². The normalized spacial score (nSPS) is 14.1. The van der Waals surface area contributed by atoms with Crippen LogP contribution in [0.15, 0.2) is 24.3 Å². The molecule has 0 radical (unpaired) electrons. The number of hydrogen-bond donors (Lipinski definition) is 3. The van der Waals surface area contributed by atoms with Crippen molar-refractivity contribution in [1.82, 2.24) is 5.32 Å². The number of benzene rings is 1. The lowest BCUT2D eigenvalue weighted by Crippen LogP contribution is -2.35. The maximum absolute atomic E-state index is 12.0. The standard InChI is InChI=1S/C16H26N2O2/c1-11(2)14-7-5-6-8-15(14)18-16(20)9-12(3)17-10-13(4)19/h5-8,11-13,17,19H,9-10H2,1-4H3,(H,18,20). The number of rotatable bonds is 7. The predicted octanol–water partition coefficient (Wildman–Crippen LogP) is 2.50. The first-order chi connectivity index (χ1) is 9.40. The summed E-state index contributed by atoms with van der Waals surface area (Å²) >= 11 is 0. The monoisotopic (exact) mass is 278 g/mol. The fourth-order valence-electron chi connectivity index (χ4n) is 2.04. The van der Waals surface area contributed by atoms with Gasteiger partial charge in [-0.05, 0) is 31.4 Å². The van der Waals surface area contributed by atoms with Crippen molar-refractivity contribution in [3.05, 3.63) is 29.8 Å². The topological polar surface area (TPSA) is 61.4 Å². The molecule has 0 bridgehead atoms. The van der Waals surface area contributed by atoms with E-state index in [2.05, 4.69) is 24.5 Å². The third kappa shape index (κ3) is 5.72. The Balaban J connectivity index is 2.54. The predicted molar refractivity (Wildman–Crippen MR) is 82.9 cm³/mol. The zero-order valence-corrected chi connectivity index (χ0v) is 12.8. The molecule has 0 fully saturated rings. The van der Waals surface area contributed by atoms with E-state index in [1.165, 1.54) is 0 Å². The Morgan fingerprint density at radius 2 is 1.85 bits per heavy atom. The molecule has 0 spiro atoms. The van der Waals surface area contributed by atoms with Crippen molar-refractivity contribution in [1.29, 1.82) is 0 Å². The summed E-state index contributed by atoms with van der Waals surface area (Å²) in [7, 11) is 0. The van der Waals surface area contributed by atoms with Gasteiger partial charge in [-0.1, -0.05) is 32.0 Å². The molecule has 0 aliphatic heterocycles. The maximum atomic E-state index is 12.0. The maximum Gasteiger partial charge on any atom is 0.225 e. The molecule has 0 saturated heterocycles. The molecule has 2 atom stereocenters. The molecule has 1 rings (SSSR count). The minimum Gasteiger partial charge on any atom is -0.392 e. The summed E-state index contributed by atoms with van der Waals surface area (Å²) in [4.78, 5) is 12.0. The SMILES string of the molecule is CC(O)CNC(C)CC(=O)Nc1ccccc1C(C)C. The van der Waals surface area contributed by atoms with Crippen LogP contribution < -0.4 is 10.6 Å². The number of hydrogen-bond acceptors (Lipinski definition) is 3. The summed E-state index contributed by atoms with van der Waals surface area (Å²) in [5.74, 6) is 0.362. The van der Waals surface area contributed by atoms with Crippen LogP contribution in [0.3, 0.4) is 0 Å². The van der Waals surface area contributed by atoms with Gasteiger partial charge in [0.2, 0.25) is 5.91 Å². The molecule has 4 heteroatoms. The first-order valence-corrected chi connectivity index (χ1v) is 7.20. The summed E-state index contributed by atoms with van der Waals surface area (Å²) in [6.07, 6.45) is -0.0127. The molecular weight excluding hydrogens is 252 g/mol. The van der Waals surface area contributed by atoms with Crippen LogP contribution in [0.1, 0.15) is 45.6 Å². The van der Waals surface area contributed by atoms with Gasteiger partial charge < -0.3 is 15.7 Å². The van der Waals surface area contributed by atoms with E-state index in [1.807, 2.05) is 31.2 Å². The molecule has 3 N–H and O–H groups in total. The van der Waals surface area contributed by atoms with Gasteiger partial charge in [-0.15, -0.1) is 0 Å². The minimum absolute atomic E-state index is 0.0105. The lowest BCUT2D eigenvalue weighted by atomic mass is 10.0. The number of amides is 1. The smallest absolute Gasteiger partial charge is 0.225 e. The van der Waals surface area contributed by atoms with Crippen molar-refractivity contribution in [2.24, 2.45) is 0 Å². The second kappa shape index (κ2) is 8.02. The van der Waals surface area contributed by atoms with Gasteiger partial charge in [0, 0.05) is 24.7 Å². The van der Waals surface area contributed by atoms with Gasteiger partial charge in [0.1, 0.15) is 0 Å². The quantitative estimate of drug-likeness (QED) is 0.718. The van der Waals surface area contributed by atoms with Crippen LogP contribution in [0.25, 0.3) is 0 Å². The summed E-state index contributed by atoms with van der Waals surface area (Å²) in [5, 5.41) is 15.3. The number of nitrogens with one attached hydrogen (secondary N) is 2. The fourth-order valence-corrected chi connectivity index (χ4v) is 2.04. The van der Waals surface area contributed by atoms with Gasteiger partial charge in [-0.3, -0.25) is 4.79 Å². The zero-order valence-electron chi connectivity index (χ0n) is 12.8. The number of carbonyl (C=O) groups excluding carboxylic acids is 1. The van der Waals surface area contributed by atoms with Gasteiger partial charge in [0.15, 0.2) is 0 Å². The second-order valence-electron chi connectivity index (χ2n) is 5.65. The highest BCUT2D eigenvalue weighted by molar-refractivity contribution is 5.91. The van der Waals surface area contributed by atoms with E-state index < -0.39 is 6.10 Å². The van der Waals surface area contributed by atoms with Crippen LogP contribution >= 0.6 is 0 Å². The van der Waals surface area contributed by atoms with E-state index in [1.54, 1.807) is 6.92 Å². The lowest BCUT2D eigenvalue weighted by molar-refractivity contribution is -0.116. The summed E-state index contributed by atoms with van der Waals surface area (Å²) in [6.45, 7) is 8.38. The molecule has 0 aliphatic rings. The van der Waals surface area contributed by atoms with Crippen LogP contribution in [0, 0.1) is 0 Å². The van der Waals surface area contributed by atoms with Crippen molar-refractivity contribution in [2.75, 3.05) is 11.9 Å². The van der Waals surface area contributed by atoms with E-state index >= 15 is 0 Å². The average Bonchev–Trinajstić information content (AvgIpc) is 2.36. The number of aliphatic hydroxyl groups is 1. The van der Waals surface area contributed by atoms with Crippen LogP contribution in [0.4, 0.5) is 5.69 Å². The van der Waals surface area contributed by atoms with Gasteiger partial charge >= 0.3 is 0 Å². The van der Waals surface area contributed by atoms with Crippen molar-refractivity contribution < 1.29 is 9.90 Å². The van der Waals surface area contributed by atoms with E-state index in [9.17, 15) is 9.90 Å². The summed E-state index contributed by atoms with van der Waals surface area (Å²) in [6, 6.07) is 7.92. The molecule has 1 amide bonds. The van der Waals surface area contributed by atoms with Gasteiger partial charge in [0.05, 0.1) is 6.10 Å². The molecule has 0 heterocycles. The number of anilines is 1. The first-order valence-electron chi connectivity index (χ1n) is 7.20.